The van der Waals surface area contributed by atoms with E-state index in [-0.39, 0.29) is 11.1 Å². The number of ether oxygens (including phenoxy) is 2. The Balaban J connectivity index is 2.77. The number of nitrogens with zero attached hydrogens (tertiary/aromatic N) is 1. The first-order chi connectivity index (χ1) is 9.98. The van der Waals surface area contributed by atoms with Gasteiger partial charge in [-0.2, -0.15) is 5.26 Å². The Morgan fingerprint density at radius 2 is 2.09 bits per heavy atom. The number of hydrogen-bond acceptors (Lipinski definition) is 5. The first kappa shape index (κ1) is 19.7. The first-order valence-electron chi connectivity index (χ1n) is 7.64. The molecule has 1 aliphatic rings. The van der Waals surface area contributed by atoms with Crippen molar-refractivity contribution in [2.75, 3.05) is 19.0 Å². The van der Waals surface area contributed by atoms with E-state index in [9.17, 15) is 0 Å². The quantitative estimate of drug-likeness (QED) is 0.322. The molecule has 1 heterocycles. The van der Waals surface area contributed by atoms with Gasteiger partial charge in [-0.05, 0) is 49.3 Å². The van der Waals surface area contributed by atoms with Gasteiger partial charge in [-0.3, -0.25) is 0 Å². The summed E-state index contributed by atoms with van der Waals surface area (Å²) < 4.78 is 18.1. The van der Waals surface area contributed by atoms with Crippen LogP contribution in [0.5, 0.6) is 0 Å². The molecule has 1 aliphatic heterocycles. The predicted molar refractivity (Wildman–Crippen MR) is 94.2 cm³/mol. The van der Waals surface area contributed by atoms with E-state index in [1.165, 1.54) is 11.8 Å². The van der Waals surface area contributed by atoms with Crippen LogP contribution in [0, 0.1) is 10.7 Å². The van der Waals surface area contributed by atoms with E-state index in [2.05, 4.69) is 39.3 Å². The molecule has 1 fully saturated rings. The van der Waals surface area contributed by atoms with Crippen molar-refractivity contribution in [1.29, 1.82) is 5.26 Å². The normalized spacial score (nSPS) is 24.3. The van der Waals surface area contributed by atoms with Crippen molar-refractivity contribution in [2.24, 2.45) is 0 Å². The number of thiocyanates is 1. The summed E-state index contributed by atoms with van der Waals surface area (Å²) in [6.07, 6.45) is 1.93. The third-order valence-corrected chi connectivity index (χ3v) is 9.28. The molecule has 0 saturated carbocycles. The van der Waals surface area contributed by atoms with Crippen LogP contribution in [0.3, 0.4) is 0 Å². The Kier molecular flexibility index (Phi) is 6.72. The second kappa shape index (κ2) is 7.50. The van der Waals surface area contributed by atoms with Crippen molar-refractivity contribution in [2.45, 2.75) is 64.6 Å². The maximum absolute atomic E-state index is 8.65. The van der Waals surface area contributed by atoms with E-state index in [0.717, 1.165) is 5.57 Å². The fourth-order valence-electron chi connectivity index (χ4n) is 1.82. The number of hydrogen-bond donors (Lipinski definition) is 0. The lowest BCUT2D eigenvalue weighted by atomic mass is 10.1. The second-order valence-corrected chi connectivity index (χ2v) is 13.2. The zero-order valence-corrected chi connectivity index (χ0v) is 16.7. The van der Waals surface area contributed by atoms with Crippen LogP contribution in [0.2, 0.25) is 18.1 Å². The van der Waals surface area contributed by atoms with Gasteiger partial charge in [-0.25, -0.2) is 0 Å². The zero-order chi connectivity index (χ0) is 17.0. The van der Waals surface area contributed by atoms with Crippen molar-refractivity contribution in [3.63, 3.8) is 0 Å². The van der Waals surface area contributed by atoms with Crippen LogP contribution in [-0.2, 0) is 13.9 Å². The Morgan fingerprint density at radius 3 is 2.64 bits per heavy atom. The molecule has 0 bridgehead atoms. The monoisotopic (exact) mass is 343 g/mol. The maximum Gasteiger partial charge on any atom is 0.192 e. The highest BCUT2D eigenvalue weighted by atomic mass is 32.2. The molecule has 6 heteroatoms. The average Bonchev–Trinajstić information content (AvgIpc) is 2.37. The van der Waals surface area contributed by atoms with E-state index in [4.69, 9.17) is 19.2 Å². The van der Waals surface area contributed by atoms with Gasteiger partial charge in [0.15, 0.2) is 14.1 Å². The van der Waals surface area contributed by atoms with E-state index in [0.29, 0.717) is 19.0 Å². The molecule has 1 saturated heterocycles. The largest absolute Gasteiger partial charge is 0.414 e. The highest BCUT2D eigenvalue weighted by Crippen LogP contribution is 2.37. The molecule has 0 spiro atoms. The van der Waals surface area contributed by atoms with Crippen molar-refractivity contribution in [3.8, 4) is 5.40 Å². The summed E-state index contributed by atoms with van der Waals surface area (Å²) >= 11 is 1.22. The van der Waals surface area contributed by atoms with Gasteiger partial charge in [0.1, 0.15) is 11.5 Å². The summed E-state index contributed by atoms with van der Waals surface area (Å²) in [7, 11) is -1.81. The van der Waals surface area contributed by atoms with Crippen molar-refractivity contribution in [3.05, 3.63) is 11.6 Å². The standard InChI is InChI=1S/C16H29NO3SSi/c1-15(2,3)22(6,7)19-11-14-13(8-9-21-12-17)10-18-16(4,5)20-14/h8,14H,9-11H2,1-7H3/b13-8+/t14-/m1/s1. The molecule has 0 N–H and O–H groups in total. The van der Waals surface area contributed by atoms with Gasteiger partial charge in [-0.1, -0.05) is 26.8 Å². The minimum atomic E-state index is -1.81. The molecule has 0 aromatic carbocycles. The Bertz CT molecular complexity index is 449. The molecule has 0 aromatic rings. The molecule has 0 aromatic heterocycles. The number of nitriles is 1. The molecular formula is C16H29NO3SSi. The number of thioether (sulfide) groups is 1. The summed E-state index contributed by atoms with van der Waals surface area (Å²) in [6, 6.07) is 0. The summed E-state index contributed by atoms with van der Waals surface area (Å²) in [6.45, 7) is 16.1. The third-order valence-electron chi connectivity index (χ3n) is 4.32. The van der Waals surface area contributed by atoms with Crippen LogP contribution in [-0.4, -0.2) is 39.2 Å². The van der Waals surface area contributed by atoms with Crippen LogP contribution in [0.25, 0.3) is 0 Å². The Morgan fingerprint density at radius 1 is 1.45 bits per heavy atom. The summed E-state index contributed by atoms with van der Waals surface area (Å²) in [5, 5.41) is 10.9. The average molecular weight is 344 g/mol. The van der Waals surface area contributed by atoms with Gasteiger partial charge >= 0.3 is 0 Å². The molecular weight excluding hydrogens is 314 g/mol. The SMILES string of the molecule is CC1(C)OC/C(=C\CSC#N)[C@@H](CO[Si](C)(C)C(C)(C)C)O1. The molecule has 1 rings (SSSR count). The minimum Gasteiger partial charge on any atom is -0.414 e. The van der Waals surface area contributed by atoms with Crippen molar-refractivity contribution < 1.29 is 13.9 Å². The second-order valence-electron chi connectivity index (χ2n) is 7.55. The molecule has 0 aliphatic carbocycles. The van der Waals surface area contributed by atoms with Crippen LogP contribution >= 0.6 is 11.8 Å². The lowest BCUT2D eigenvalue weighted by Gasteiger charge is -2.41. The number of rotatable bonds is 5. The zero-order valence-electron chi connectivity index (χ0n) is 14.9. The smallest absolute Gasteiger partial charge is 0.192 e. The summed E-state index contributed by atoms with van der Waals surface area (Å²) in [5.41, 5.74) is 1.07. The fourth-order valence-corrected chi connectivity index (χ4v) is 3.19. The molecule has 0 amide bonds. The van der Waals surface area contributed by atoms with E-state index in [1.54, 1.807) is 0 Å². The Labute approximate surface area is 140 Å². The molecule has 22 heavy (non-hydrogen) atoms. The van der Waals surface area contributed by atoms with Gasteiger partial charge in [-0.15, -0.1) is 0 Å². The topological polar surface area (TPSA) is 51.5 Å². The lowest BCUT2D eigenvalue weighted by molar-refractivity contribution is -0.256. The molecule has 4 nitrogen and oxygen atoms in total. The van der Waals surface area contributed by atoms with Gasteiger partial charge < -0.3 is 13.9 Å². The Hall–Kier alpha value is -0.323. The van der Waals surface area contributed by atoms with Crippen molar-refractivity contribution >= 4 is 20.1 Å². The fraction of sp³-hybridized carbons (Fsp3) is 0.812. The molecule has 1 atom stereocenters. The summed E-state index contributed by atoms with van der Waals surface area (Å²) in [4.78, 5) is 0. The minimum absolute atomic E-state index is 0.0998. The van der Waals surface area contributed by atoms with Crippen LogP contribution in [0.1, 0.15) is 34.6 Å². The van der Waals surface area contributed by atoms with Crippen molar-refractivity contribution in [1.82, 2.24) is 0 Å². The lowest BCUT2D eigenvalue weighted by Crippen LogP contribution is -2.47. The van der Waals surface area contributed by atoms with Crippen LogP contribution in [0.4, 0.5) is 0 Å². The molecule has 126 valence electrons. The maximum atomic E-state index is 8.65. The van der Waals surface area contributed by atoms with Gasteiger partial charge in [0.05, 0.1) is 13.2 Å². The molecule has 0 unspecified atom stereocenters. The highest BCUT2D eigenvalue weighted by Gasteiger charge is 2.39. The highest BCUT2D eigenvalue weighted by molar-refractivity contribution is 8.03. The van der Waals surface area contributed by atoms with Crippen LogP contribution in [0.15, 0.2) is 11.6 Å². The summed E-state index contributed by atoms with van der Waals surface area (Å²) in [5.74, 6) is 0.0523. The first-order valence-corrected chi connectivity index (χ1v) is 11.5. The molecule has 0 radical (unpaired) electrons. The van der Waals surface area contributed by atoms with E-state index in [1.807, 2.05) is 19.9 Å². The van der Waals surface area contributed by atoms with Gasteiger partial charge in [0, 0.05) is 5.75 Å². The van der Waals surface area contributed by atoms with Gasteiger partial charge in [0.25, 0.3) is 0 Å². The third kappa shape index (κ3) is 5.71. The van der Waals surface area contributed by atoms with E-state index < -0.39 is 14.1 Å². The van der Waals surface area contributed by atoms with Gasteiger partial charge in [0.2, 0.25) is 0 Å². The van der Waals surface area contributed by atoms with E-state index >= 15 is 0 Å². The predicted octanol–water partition coefficient (Wildman–Crippen LogP) is 4.30. The van der Waals surface area contributed by atoms with Crippen LogP contribution < -0.4 is 0 Å².